The summed E-state index contributed by atoms with van der Waals surface area (Å²) < 4.78 is 10.8. The topological polar surface area (TPSA) is 43.4 Å². The molecule has 4 heteroatoms. The Morgan fingerprint density at radius 1 is 1.20 bits per heavy atom. The SMILES string of the molecule is CCCOc1cccc(CNc2cccnc2OC)c1. The second-order valence-electron chi connectivity index (χ2n) is 4.41. The molecule has 0 amide bonds. The minimum absolute atomic E-state index is 0.603. The number of nitrogens with one attached hydrogen (secondary N) is 1. The molecule has 4 nitrogen and oxygen atoms in total. The van der Waals surface area contributed by atoms with Gasteiger partial charge in [0.25, 0.3) is 0 Å². The zero-order chi connectivity index (χ0) is 14.2. The maximum absolute atomic E-state index is 5.63. The first-order valence-electron chi connectivity index (χ1n) is 6.78. The first kappa shape index (κ1) is 14.2. The number of nitrogens with zero attached hydrogens (tertiary/aromatic N) is 1. The van der Waals surface area contributed by atoms with Crippen molar-refractivity contribution in [1.29, 1.82) is 0 Å². The van der Waals surface area contributed by atoms with E-state index in [0.29, 0.717) is 12.4 Å². The Labute approximate surface area is 119 Å². The van der Waals surface area contributed by atoms with Crippen molar-refractivity contribution in [2.75, 3.05) is 19.0 Å². The highest BCUT2D eigenvalue weighted by atomic mass is 16.5. The number of anilines is 1. The van der Waals surface area contributed by atoms with Gasteiger partial charge in [0.05, 0.1) is 19.4 Å². The van der Waals surface area contributed by atoms with Crippen LogP contribution in [0.2, 0.25) is 0 Å². The van der Waals surface area contributed by atoms with Crippen molar-refractivity contribution >= 4 is 5.69 Å². The van der Waals surface area contributed by atoms with Gasteiger partial charge < -0.3 is 14.8 Å². The lowest BCUT2D eigenvalue weighted by atomic mass is 10.2. The minimum atomic E-state index is 0.603. The molecule has 0 saturated heterocycles. The van der Waals surface area contributed by atoms with Crippen LogP contribution in [0, 0.1) is 0 Å². The third-order valence-corrected chi connectivity index (χ3v) is 2.82. The number of rotatable bonds is 7. The number of hydrogen-bond acceptors (Lipinski definition) is 4. The first-order valence-corrected chi connectivity index (χ1v) is 6.78. The molecule has 0 aliphatic carbocycles. The Kier molecular flexibility index (Phi) is 5.24. The van der Waals surface area contributed by atoms with Gasteiger partial charge in [-0.2, -0.15) is 0 Å². The Bertz CT molecular complexity index is 544. The van der Waals surface area contributed by atoms with Gasteiger partial charge in [0.15, 0.2) is 0 Å². The molecular formula is C16H20N2O2. The van der Waals surface area contributed by atoms with E-state index in [4.69, 9.17) is 9.47 Å². The molecule has 0 bridgehead atoms. The third kappa shape index (κ3) is 3.88. The number of ether oxygens (including phenoxy) is 2. The van der Waals surface area contributed by atoms with Gasteiger partial charge in [-0.25, -0.2) is 4.98 Å². The molecule has 2 aromatic rings. The molecule has 0 radical (unpaired) electrons. The van der Waals surface area contributed by atoms with E-state index in [1.54, 1.807) is 13.3 Å². The van der Waals surface area contributed by atoms with E-state index in [1.807, 2.05) is 30.3 Å². The standard InChI is InChI=1S/C16H20N2O2/c1-3-10-20-14-7-4-6-13(11-14)12-18-15-8-5-9-17-16(15)19-2/h4-9,11,18H,3,10,12H2,1-2H3. The second kappa shape index (κ2) is 7.38. The fourth-order valence-corrected chi connectivity index (χ4v) is 1.85. The largest absolute Gasteiger partial charge is 0.494 e. The van der Waals surface area contributed by atoms with Gasteiger partial charge in [-0.05, 0) is 36.2 Å². The maximum Gasteiger partial charge on any atom is 0.237 e. The molecule has 0 atom stereocenters. The van der Waals surface area contributed by atoms with Crippen LogP contribution in [-0.4, -0.2) is 18.7 Å². The smallest absolute Gasteiger partial charge is 0.237 e. The lowest BCUT2D eigenvalue weighted by Crippen LogP contribution is -2.03. The highest BCUT2D eigenvalue weighted by Crippen LogP contribution is 2.21. The van der Waals surface area contributed by atoms with Crippen LogP contribution in [-0.2, 0) is 6.54 Å². The predicted octanol–water partition coefficient (Wildman–Crippen LogP) is 3.49. The van der Waals surface area contributed by atoms with E-state index >= 15 is 0 Å². The van der Waals surface area contributed by atoms with Crippen molar-refractivity contribution < 1.29 is 9.47 Å². The average molecular weight is 272 g/mol. The van der Waals surface area contributed by atoms with Crippen LogP contribution in [0.4, 0.5) is 5.69 Å². The molecule has 1 aromatic carbocycles. The van der Waals surface area contributed by atoms with Gasteiger partial charge in [0.2, 0.25) is 5.88 Å². The fraction of sp³-hybridized carbons (Fsp3) is 0.312. The molecule has 0 fully saturated rings. The summed E-state index contributed by atoms with van der Waals surface area (Å²) in [4.78, 5) is 4.16. The third-order valence-electron chi connectivity index (χ3n) is 2.82. The van der Waals surface area contributed by atoms with Crippen molar-refractivity contribution in [1.82, 2.24) is 4.98 Å². The van der Waals surface area contributed by atoms with E-state index in [1.165, 1.54) is 0 Å². The molecule has 0 saturated carbocycles. The Morgan fingerprint density at radius 3 is 2.90 bits per heavy atom. The molecule has 0 aliphatic heterocycles. The number of methoxy groups -OCH3 is 1. The van der Waals surface area contributed by atoms with Crippen molar-refractivity contribution in [3.8, 4) is 11.6 Å². The Hall–Kier alpha value is -2.23. The summed E-state index contributed by atoms with van der Waals surface area (Å²) in [6.07, 6.45) is 2.72. The van der Waals surface area contributed by atoms with Crippen LogP contribution in [0.25, 0.3) is 0 Å². The van der Waals surface area contributed by atoms with E-state index in [0.717, 1.165) is 30.0 Å². The molecule has 1 aromatic heterocycles. The monoisotopic (exact) mass is 272 g/mol. The van der Waals surface area contributed by atoms with Crippen LogP contribution < -0.4 is 14.8 Å². The van der Waals surface area contributed by atoms with E-state index < -0.39 is 0 Å². The van der Waals surface area contributed by atoms with Gasteiger partial charge in [-0.1, -0.05) is 19.1 Å². The highest BCUT2D eigenvalue weighted by Gasteiger charge is 2.03. The van der Waals surface area contributed by atoms with Crippen LogP contribution in [0.1, 0.15) is 18.9 Å². The van der Waals surface area contributed by atoms with Crippen LogP contribution in [0.3, 0.4) is 0 Å². The summed E-state index contributed by atoms with van der Waals surface area (Å²) in [5.41, 5.74) is 2.04. The quantitative estimate of drug-likeness (QED) is 0.838. The highest BCUT2D eigenvalue weighted by molar-refractivity contribution is 5.52. The van der Waals surface area contributed by atoms with Crippen LogP contribution in [0.5, 0.6) is 11.6 Å². The maximum atomic E-state index is 5.63. The number of pyridine rings is 1. The van der Waals surface area contributed by atoms with Crippen LogP contribution in [0.15, 0.2) is 42.6 Å². The predicted molar refractivity (Wildman–Crippen MR) is 80.3 cm³/mol. The molecular weight excluding hydrogens is 252 g/mol. The molecule has 1 heterocycles. The van der Waals surface area contributed by atoms with Crippen molar-refractivity contribution in [2.24, 2.45) is 0 Å². The minimum Gasteiger partial charge on any atom is -0.494 e. The summed E-state index contributed by atoms with van der Waals surface area (Å²) >= 11 is 0. The summed E-state index contributed by atoms with van der Waals surface area (Å²) in [6, 6.07) is 11.9. The van der Waals surface area contributed by atoms with E-state index in [9.17, 15) is 0 Å². The number of hydrogen-bond donors (Lipinski definition) is 1. The first-order chi connectivity index (χ1) is 9.83. The van der Waals surface area contributed by atoms with E-state index in [2.05, 4.69) is 23.3 Å². The summed E-state index contributed by atoms with van der Waals surface area (Å²) in [5, 5.41) is 3.32. The summed E-state index contributed by atoms with van der Waals surface area (Å²) in [5.74, 6) is 1.51. The van der Waals surface area contributed by atoms with Gasteiger partial charge in [-0.15, -0.1) is 0 Å². The zero-order valence-electron chi connectivity index (χ0n) is 11.9. The van der Waals surface area contributed by atoms with Gasteiger partial charge >= 0.3 is 0 Å². The van der Waals surface area contributed by atoms with Gasteiger partial charge in [0.1, 0.15) is 5.75 Å². The molecule has 20 heavy (non-hydrogen) atoms. The van der Waals surface area contributed by atoms with Gasteiger partial charge in [-0.3, -0.25) is 0 Å². The molecule has 1 N–H and O–H groups in total. The van der Waals surface area contributed by atoms with Crippen LogP contribution >= 0.6 is 0 Å². The Balaban J connectivity index is 1.99. The molecule has 0 spiro atoms. The number of benzene rings is 1. The van der Waals surface area contributed by atoms with Crippen molar-refractivity contribution in [3.05, 3.63) is 48.2 Å². The zero-order valence-corrected chi connectivity index (χ0v) is 11.9. The summed E-state index contributed by atoms with van der Waals surface area (Å²) in [7, 11) is 1.62. The van der Waals surface area contributed by atoms with Crippen molar-refractivity contribution in [3.63, 3.8) is 0 Å². The van der Waals surface area contributed by atoms with Crippen molar-refractivity contribution in [2.45, 2.75) is 19.9 Å². The summed E-state index contributed by atoms with van der Waals surface area (Å²) in [6.45, 7) is 3.54. The normalized spacial score (nSPS) is 10.1. The Morgan fingerprint density at radius 2 is 2.10 bits per heavy atom. The molecule has 0 aliphatic rings. The number of aromatic nitrogens is 1. The lowest BCUT2D eigenvalue weighted by Gasteiger charge is -2.11. The second-order valence-corrected chi connectivity index (χ2v) is 4.41. The molecule has 2 rings (SSSR count). The molecule has 106 valence electrons. The van der Waals surface area contributed by atoms with E-state index in [-0.39, 0.29) is 0 Å². The van der Waals surface area contributed by atoms with Gasteiger partial charge in [0, 0.05) is 12.7 Å². The molecule has 0 unspecified atom stereocenters. The fourth-order valence-electron chi connectivity index (χ4n) is 1.85. The lowest BCUT2D eigenvalue weighted by molar-refractivity contribution is 0.317. The average Bonchev–Trinajstić information content (AvgIpc) is 2.51.